The van der Waals surface area contributed by atoms with E-state index in [1.165, 1.54) is 32.1 Å². The van der Waals surface area contributed by atoms with Crippen molar-refractivity contribution in [3.8, 4) is 11.5 Å². The fraction of sp³-hybridized carbons (Fsp3) is 0.625. The standard InChI is InChI=1S/C16H24BrNO2/c1-19-14-10-8-12(16(20-2)15(14)17)13(18)9-7-11-5-3-4-6-11/h8,10-11,13H,3-7,9,18H2,1-2H3. The molecule has 0 heterocycles. The lowest BCUT2D eigenvalue weighted by molar-refractivity contribution is 0.379. The van der Waals surface area contributed by atoms with Crippen LogP contribution in [0.4, 0.5) is 0 Å². The Bertz CT molecular complexity index is 444. The summed E-state index contributed by atoms with van der Waals surface area (Å²) in [5.74, 6) is 2.44. The van der Waals surface area contributed by atoms with Crippen LogP contribution in [0.15, 0.2) is 16.6 Å². The largest absolute Gasteiger partial charge is 0.495 e. The van der Waals surface area contributed by atoms with Crippen LogP contribution in [0.2, 0.25) is 0 Å². The highest BCUT2D eigenvalue weighted by molar-refractivity contribution is 9.10. The number of hydrogen-bond donors (Lipinski definition) is 1. The Labute approximate surface area is 130 Å². The average Bonchev–Trinajstić information content (AvgIpc) is 2.97. The number of methoxy groups -OCH3 is 2. The second-order valence-electron chi connectivity index (χ2n) is 5.54. The SMILES string of the molecule is COc1ccc(C(N)CCC2CCCC2)c(OC)c1Br. The third-order valence-electron chi connectivity index (χ3n) is 4.28. The highest BCUT2D eigenvalue weighted by Gasteiger charge is 2.20. The molecule has 0 aromatic heterocycles. The molecule has 1 saturated carbocycles. The van der Waals surface area contributed by atoms with Crippen LogP contribution in [0.5, 0.6) is 11.5 Å². The molecule has 1 aliphatic rings. The molecule has 1 aromatic carbocycles. The smallest absolute Gasteiger partial charge is 0.141 e. The molecule has 1 aliphatic carbocycles. The first kappa shape index (κ1) is 15.6. The first-order chi connectivity index (χ1) is 9.67. The second-order valence-corrected chi connectivity index (χ2v) is 6.33. The lowest BCUT2D eigenvalue weighted by Gasteiger charge is -2.19. The second kappa shape index (κ2) is 7.32. The van der Waals surface area contributed by atoms with Gasteiger partial charge < -0.3 is 15.2 Å². The van der Waals surface area contributed by atoms with Gasteiger partial charge in [-0.3, -0.25) is 0 Å². The van der Waals surface area contributed by atoms with Gasteiger partial charge in [-0.05, 0) is 46.8 Å². The molecule has 0 radical (unpaired) electrons. The van der Waals surface area contributed by atoms with Crippen LogP contribution in [0.3, 0.4) is 0 Å². The Morgan fingerprint density at radius 3 is 2.55 bits per heavy atom. The van der Waals surface area contributed by atoms with Gasteiger partial charge in [-0.1, -0.05) is 25.7 Å². The van der Waals surface area contributed by atoms with Crippen LogP contribution in [-0.4, -0.2) is 14.2 Å². The Balaban J connectivity index is 2.08. The van der Waals surface area contributed by atoms with Gasteiger partial charge in [-0.15, -0.1) is 0 Å². The molecule has 0 amide bonds. The fourth-order valence-electron chi connectivity index (χ4n) is 3.08. The van der Waals surface area contributed by atoms with E-state index in [0.29, 0.717) is 0 Å². The van der Waals surface area contributed by atoms with Gasteiger partial charge in [-0.25, -0.2) is 0 Å². The molecule has 2 N–H and O–H groups in total. The van der Waals surface area contributed by atoms with Gasteiger partial charge in [0.25, 0.3) is 0 Å². The third-order valence-corrected chi connectivity index (χ3v) is 5.03. The molecule has 112 valence electrons. The van der Waals surface area contributed by atoms with E-state index < -0.39 is 0 Å². The molecule has 1 atom stereocenters. The molecule has 3 nitrogen and oxygen atoms in total. The summed E-state index contributed by atoms with van der Waals surface area (Å²) >= 11 is 3.53. The van der Waals surface area contributed by atoms with E-state index >= 15 is 0 Å². The Morgan fingerprint density at radius 2 is 1.95 bits per heavy atom. The maximum Gasteiger partial charge on any atom is 0.141 e. The van der Waals surface area contributed by atoms with Crippen molar-refractivity contribution >= 4 is 15.9 Å². The zero-order valence-corrected chi connectivity index (χ0v) is 13.9. The maximum absolute atomic E-state index is 6.37. The number of rotatable bonds is 6. The summed E-state index contributed by atoms with van der Waals surface area (Å²) in [5.41, 5.74) is 7.42. The van der Waals surface area contributed by atoms with Crippen LogP contribution in [0, 0.1) is 5.92 Å². The minimum absolute atomic E-state index is 0.0211. The summed E-state index contributed by atoms with van der Waals surface area (Å²) in [6, 6.07) is 3.98. The lowest BCUT2D eigenvalue weighted by Crippen LogP contribution is -2.13. The molecule has 2 rings (SSSR count). The molecule has 0 saturated heterocycles. The minimum Gasteiger partial charge on any atom is -0.495 e. The summed E-state index contributed by atoms with van der Waals surface area (Å²) < 4.78 is 11.6. The fourth-order valence-corrected chi connectivity index (χ4v) is 3.76. The van der Waals surface area contributed by atoms with Crippen molar-refractivity contribution in [2.45, 2.75) is 44.6 Å². The zero-order chi connectivity index (χ0) is 14.5. The summed E-state index contributed by atoms with van der Waals surface area (Å²) in [5, 5.41) is 0. The molecule has 1 unspecified atom stereocenters. The van der Waals surface area contributed by atoms with E-state index in [9.17, 15) is 0 Å². The van der Waals surface area contributed by atoms with Crippen molar-refractivity contribution in [2.24, 2.45) is 11.7 Å². The topological polar surface area (TPSA) is 44.5 Å². The lowest BCUT2D eigenvalue weighted by atomic mass is 9.95. The van der Waals surface area contributed by atoms with Crippen molar-refractivity contribution in [3.63, 3.8) is 0 Å². The van der Waals surface area contributed by atoms with Gasteiger partial charge in [0, 0.05) is 11.6 Å². The van der Waals surface area contributed by atoms with E-state index in [1.807, 2.05) is 12.1 Å². The third kappa shape index (κ3) is 3.47. The van der Waals surface area contributed by atoms with Crippen molar-refractivity contribution in [1.29, 1.82) is 0 Å². The van der Waals surface area contributed by atoms with E-state index in [1.54, 1.807) is 14.2 Å². The van der Waals surface area contributed by atoms with Crippen LogP contribution >= 0.6 is 15.9 Å². The maximum atomic E-state index is 6.37. The number of ether oxygens (including phenoxy) is 2. The highest BCUT2D eigenvalue weighted by Crippen LogP contribution is 2.40. The van der Waals surface area contributed by atoms with Crippen molar-refractivity contribution in [2.75, 3.05) is 14.2 Å². The molecule has 0 aliphatic heterocycles. The summed E-state index contributed by atoms with van der Waals surface area (Å²) in [6.45, 7) is 0. The Kier molecular flexibility index (Phi) is 5.73. The van der Waals surface area contributed by atoms with E-state index in [2.05, 4.69) is 15.9 Å². The van der Waals surface area contributed by atoms with Crippen LogP contribution in [-0.2, 0) is 0 Å². The minimum atomic E-state index is 0.0211. The monoisotopic (exact) mass is 341 g/mol. The number of hydrogen-bond acceptors (Lipinski definition) is 3. The average molecular weight is 342 g/mol. The zero-order valence-electron chi connectivity index (χ0n) is 12.3. The van der Waals surface area contributed by atoms with Gasteiger partial charge >= 0.3 is 0 Å². The van der Waals surface area contributed by atoms with Crippen molar-refractivity contribution < 1.29 is 9.47 Å². The van der Waals surface area contributed by atoms with Crippen LogP contribution in [0.25, 0.3) is 0 Å². The molecule has 1 aromatic rings. The Hall–Kier alpha value is -0.740. The summed E-state index contributed by atoms with van der Waals surface area (Å²) in [6.07, 6.45) is 7.74. The summed E-state index contributed by atoms with van der Waals surface area (Å²) in [7, 11) is 3.33. The highest BCUT2D eigenvalue weighted by atomic mass is 79.9. The van der Waals surface area contributed by atoms with Crippen molar-refractivity contribution in [1.82, 2.24) is 0 Å². The van der Waals surface area contributed by atoms with E-state index in [-0.39, 0.29) is 6.04 Å². The molecular formula is C16H24BrNO2. The number of nitrogens with two attached hydrogens (primary N) is 1. The predicted molar refractivity (Wildman–Crippen MR) is 85.4 cm³/mol. The van der Waals surface area contributed by atoms with E-state index in [4.69, 9.17) is 15.2 Å². The van der Waals surface area contributed by atoms with Crippen LogP contribution < -0.4 is 15.2 Å². The quantitative estimate of drug-likeness (QED) is 0.831. The molecule has 0 bridgehead atoms. The molecular weight excluding hydrogens is 318 g/mol. The predicted octanol–water partition coefficient (Wildman–Crippen LogP) is 4.44. The van der Waals surface area contributed by atoms with Gasteiger partial charge in [0.2, 0.25) is 0 Å². The molecule has 0 spiro atoms. The first-order valence-electron chi connectivity index (χ1n) is 7.33. The first-order valence-corrected chi connectivity index (χ1v) is 8.12. The van der Waals surface area contributed by atoms with Gasteiger partial charge in [0.05, 0.1) is 14.2 Å². The summed E-state index contributed by atoms with van der Waals surface area (Å²) in [4.78, 5) is 0. The molecule has 4 heteroatoms. The van der Waals surface area contributed by atoms with Crippen molar-refractivity contribution in [3.05, 3.63) is 22.2 Å². The van der Waals surface area contributed by atoms with Gasteiger partial charge in [0.1, 0.15) is 16.0 Å². The number of halogens is 1. The van der Waals surface area contributed by atoms with Gasteiger partial charge in [-0.2, -0.15) is 0 Å². The van der Waals surface area contributed by atoms with Gasteiger partial charge in [0.15, 0.2) is 0 Å². The van der Waals surface area contributed by atoms with E-state index in [0.717, 1.165) is 33.9 Å². The molecule has 1 fully saturated rings. The number of benzene rings is 1. The normalized spacial score (nSPS) is 17.2. The van der Waals surface area contributed by atoms with Crippen LogP contribution in [0.1, 0.15) is 50.1 Å². The Morgan fingerprint density at radius 1 is 1.25 bits per heavy atom. The molecule has 20 heavy (non-hydrogen) atoms.